The number of halogens is 3. The van der Waals surface area contributed by atoms with Crippen LogP contribution in [0, 0.1) is 0 Å². The molecule has 180 valence electrons. The van der Waals surface area contributed by atoms with Gasteiger partial charge in [-0.25, -0.2) is 0 Å². The van der Waals surface area contributed by atoms with E-state index in [9.17, 15) is 0 Å². The molecule has 34 heavy (non-hydrogen) atoms. The van der Waals surface area contributed by atoms with Crippen LogP contribution in [0.3, 0.4) is 0 Å². The van der Waals surface area contributed by atoms with Crippen molar-refractivity contribution in [2.75, 3.05) is 19.6 Å². The molecule has 5 heteroatoms. The quantitative estimate of drug-likeness (QED) is 0.324. The van der Waals surface area contributed by atoms with Gasteiger partial charge in [0.05, 0.1) is 6.04 Å². The Morgan fingerprint density at radius 1 is 0.794 bits per heavy atom. The fraction of sp³-hybridized carbons (Fsp3) is 0.345. The van der Waals surface area contributed by atoms with Crippen LogP contribution >= 0.6 is 36.4 Å². The van der Waals surface area contributed by atoms with Gasteiger partial charge in [-0.05, 0) is 85.6 Å². The molecule has 2 atom stereocenters. The van der Waals surface area contributed by atoms with Gasteiger partial charge in [-0.2, -0.15) is 0 Å². The van der Waals surface area contributed by atoms with Gasteiger partial charge in [-0.1, -0.05) is 78.3 Å². The Hall–Kier alpha value is -1.84. The molecule has 2 heterocycles. The van der Waals surface area contributed by atoms with Crippen LogP contribution in [0.15, 0.2) is 83.9 Å². The molecule has 0 amide bonds. The topological polar surface area (TPSA) is 15.6 Å². The van der Waals surface area contributed by atoms with Crippen LogP contribution in [0.2, 0.25) is 5.02 Å². The normalized spacial score (nSPS) is 20.1. The second kappa shape index (κ2) is 12.7. The van der Waals surface area contributed by atoms with Gasteiger partial charge in [0.1, 0.15) is 0 Å². The van der Waals surface area contributed by atoms with Crippen LogP contribution in [0.25, 0.3) is 0 Å². The number of rotatable bonds is 6. The van der Waals surface area contributed by atoms with Crippen LogP contribution in [0.1, 0.15) is 65.8 Å². The molecule has 2 aliphatic heterocycles. The predicted octanol–water partition coefficient (Wildman–Crippen LogP) is 8.10. The highest BCUT2D eigenvalue weighted by molar-refractivity contribution is 6.30. The fourth-order valence-corrected chi connectivity index (χ4v) is 5.57. The van der Waals surface area contributed by atoms with Crippen LogP contribution in [0.4, 0.5) is 0 Å². The van der Waals surface area contributed by atoms with E-state index in [1.165, 1.54) is 61.2 Å². The highest BCUT2D eigenvalue weighted by Crippen LogP contribution is 2.41. The minimum absolute atomic E-state index is 0. The average Bonchev–Trinajstić information content (AvgIpc) is 2.86. The SMILES string of the molecule is Cl.Cl.Clc1ccc(C2N=Cc3ccccc3C2CCCN2CCC(c3ccccc3)CC2)cc1. The summed E-state index contributed by atoms with van der Waals surface area (Å²) in [5.41, 5.74) is 5.47. The number of hydrogen-bond donors (Lipinski definition) is 0. The van der Waals surface area contributed by atoms with Crippen molar-refractivity contribution in [2.24, 2.45) is 4.99 Å². The van der Waals surface area contributed by atoms with E-state index < -0.39 is 0 Å². The highest BCUT2D eigenvalue weighted by Gasteiger charge is 2.29. The Labute approximate surface area is 221 Å². The maximum absolute atomic E-state index is 6.14. The highest BCUT2D eigenvalue weighted by atomic mass is 35.5. The summed E-state index contributed by atoms with van der Waals surface area (Å²) in [7, 11) is 0. The molecular weight excluding hydrogens is 483 g/mol. The maximum Gasteiger partial charge on any atom is 0.0817 e. The van der Waals surface area contributed by atoms with Crippen LogP contribution < -0.4 is 0 Å². The maximum atomic E-state index is 6.14. The van der Waals surface area contributed by atoms with E-state index in [4.69, 9.17) is 16.6 Å². The standard InChI is InChI=1S/C29H31ClN2.2ClH/c30-26-14-12-24(13-15-26)29-28(27-10-5-4-9-25(27)21-31-29)11-6-18-32-19-16-23(17-20-32)22-7-2-1-3-8-22;;/h1-5,7-10,12-15,21,23,28-29H,6,11,16-20H2;2*1H. The number of fused-ring (bicyclic) bond motifs is 1. The smallest absolute Gasteiger partial charge is 0.0817 e. The molecule has 0 N–H and O–H groups in total. The number of benzene rings is 3. The minimum Gasteiger partial charge on any atom is -0.303 e. The van der Waals surface area contributed by atoms with E-state index in [0.717, 1.165) is 17.4 Å². The van der Waals surface area contributed by atoms with E-state index in [1.807, 2.05) is 12.1 Å². The Morgan fingerprint density at radius 3 is 2.21 bits per heavy atom. The summed E-state index contributed by atoms with van der Waals surface area (Å²) in [5, 5.41) is 0.782. The van der Waals surface area contributed by atoms with E-state index >= 15 is 0 Å². The summed E-state index contributed by atoms with van der Waals surface area (Å²) in [6, 6.07) is 28.2. The monoisotopic (exact) mass is 514 g/mol. The summed E-state index contributed by atoms with van der Waals surface area (Å²) in [6.07, 6.45) is 6.95. The molecule has 3 aromatic rings. The average molecular weight is 516 g/mol. The zero-order valence-electron chi connectivity index (χ0n) is 19.4. The van der Waals surface area contributed by atoms with Gasteiger partial charge in [-0.3, -0.25) is 4.99 Å². The molecule has 5 rings (SSSR count). The van der Waals surface area contributed by atoms with Gasteiger partial charge in [-0.15, -0.1) is 24.8 Å². The molecule has 0 saturated carbocycles. The first-order valence-corrected chi connectivity index (χ1v) is 12.3. The summed E-state index contributed by atoms with van der Waals surface area (Å²) in [6.45, 7) is 3.59. The Morgan fingerprint density at radius 2 is 1.47 bits per heavy atom. The third-order valence-corrected chi connectivity index (χ3v) is 7.46. The molecule has 0 aliphatic carbocycles. The Kier molecular flexibility index (Phi) is 10.0. The molecule has 3 aromatic carbocycles. The second-order valence-corrected chi connectivity index (χ2v) is 9.62. The molecule has 0 radical (unpaired) electrons. The van der Waals surface area contributed by atoms with Crippen molar-refractivity contribution in [3.05, 3.63) is 106 Å². The Bertz CT molecular complexity index is 1040. The van der Waals surface area contributed by atoms with Gasteiger partial charge >= 0.3 is 0 Å². The molecular formula is C29H33Cl3N2. The molecule has 1 fully saturated rings. The first kappa shape index (κ1) is 26.8. The predicted molar refractivity (Wildman–Crippen MR) is 150 cm³/mol. The van der Waals surface area contributed by atoms with E-state index in [1.54, 1.807) is 0 Å². The first-order chi connectivity index (χ1) is 15.8. The van der Waals surface area contributed by atoms with Gasteiger partial charge in [0, 0.05) is 17.2 Å². The zero-order chi connectivity index (χ0) is 21.8. The number of hydrogen-bond acceptors (Lipinski definition) is 2. The van der Waals surface area contributed by atoms with Crippen molar-refractivity contribution in [1.29, 1.82) is 0 Å². The van der Waals surface area contributed by atoms with Gasteiger partial charge in [0.2, 0.25) is 0 Å². The van der Waals surface area contributed by atoms with E-state index in [0.29, 0.717) is 5.92 Å². The summed E-state index contributed by atoms with van der Waals surface area (Å²) >= 11 is 6.14. The molecule has 2 unspecified atom stereocenters. The van der Waals surface area contributed by atoms with Gasteiger partial charge in [0.15, 0.2) is 0 Å². The molecule has 0 aromatic heterocycles. The zero-order valence-corrected chi connectivity index (χ0v) is 21.7. The number of piperidine rings is 1. The van der Waals surface area contributed by atoms with Crippen molar-refractivity contribution in [2.45, 2.75) is 43.6 Å². The van der Waals surface area contributed by atoms with Crippen molar-refractivity contribution in [1.82, 2.24) is 4.90 Å². The number of nitrogens with zero attached hydrogens (tertiary/aromatic N) is 2. The lowest BCUT2D eigenvalue weighted by atomic mass is 9.80. The lowest BCUT2D eigenvalue weighted by Gasteiger charge is -2.33. The largest absolute Gasteiger partial charge is 0.303 e. The third kappa shape index (κ3) is 6.23. The molecule has 2 aliphatic rings. The van der Waals surface area contributed by atoms with Crippen molar-refractivity contribution < 1.29 is 0 Å². The van der Waals surface area contributed by atoms with Crippen molar-refractivity contribution >= 4 is 42.6 Å². The summed E-state index contributed by atoms with van der Waals surface area (Å²) < 4.78 is 0. The van der Waals surface area contributed by atoms with Crippen molar-refractivity contribution in [3.8, 4) is 0 Å². The van der Waals surface area contributed by atoms with E-state index in [-0.39, 0.29) is 30.9 Å². The lowest BCUT2D eigenvalue weighted by Crippen LogP contribution is -2.34. The van der Waals surface area contributed by atoms with Gasteiger partial charge < -0.3 is 4.90 Å². The lowest BCUT2D eigenvalue weighted by molar-refractivity contribution is 0.206. The molecule has 2 nitrogen and oxygen atoms in total. The first-order valence-electron chi connectivity index (χ1n) is 11.9. The second-order valence-electron chi connectivity index (χ2n) is 9.18. The van der Waals surface area contributed by atoms with Gasteiger partial charge in [0.25, 0.3) is 0 Å². The van der Waals surface area contributed by atoms with E-state index in [2.05, 4.69) is 77.8 Å². The summed E-state index contributed by atoms with van der Waals surface area (Å²) in [5.74, 6) is 1.14. The fourth-order valence-electron chi connectivity index (χ4n) is 5.44. The molecule has 0 spiro atoms. The van der Waals surface area contributed by atoms with Crippen molar-refractivity contribution in [3.63, 3.8) is 0 Å². The van der Waals surface area contributed by atoms with Crippen LogP contribution in [0.5, 0.6) is 0 Å². The Balaban J connectivity index is 0.00000162. The molecule has 0 bridgehead atoms. The van der Waals surface area contributed by atoms with Crippen LogP contribution in [-0.4, -0.2) is 30.7 Å². The minimum atomic E-state index is 0. The third-order valence-electron chi connectivity index (χ3n) is 7.21. The molecule has 1 saturated heterocycles. The number of likely N-dealkylation sites (tertiary alicyclic amines) is 1. The number of aliphatic imine (C=N–C) groups is 1. The van der Waals surface area contributed by atoms with Crippen LogP contribution in [-0.2, 0) is 0 Å². The summed E-state index contributed by atoms with van der Waals surface area (Å²) in [4.78, 5) is 7.64.